The summed E-state index contributed by atoms with van der Waals surface area (Å²) in [5.74, 6) is 0.545. The first-order chi connectivity index (χ1) is 9.81. The van der Waals surface area contributed by atoms with Crippen LogP contribution in [0.4, 0.5) is 5.69 Å². The summed E-state index contributed by atoms with van der Waals surface area (Å²) < 4.78 is 0. The van der Waals surface area contributed by atoms with Crippen molar-refractivity contribution in [1.29, 1.82) is 0 Å². The Kier molecular flexibility index (Phi) is 6.69. The van der Waals surface area contributed by atoms with Crippen molar-refractivity contribution in [3.8, 4) is 0 Å². The molecule has 4 heteroatoms. The van der Waals surface area contributed by atoms with Gasteiger partial charge in [-0.3, -0.25) is 9.69 Å². The normalized spacial score (nSPS) is 13.0. The summed E-state index contributed by atoms with van der Waals surface area (Å²) in [7, 11) is 0. The molecule has 3 N–H and O–H groups in total. The smallest absolute Gasteiger partial charge is 0.237 e. The fourth-order valence-electron chi connectivity index (χ4n) is 2.27. The predicted octanol–water partition coefficient (Wildman–Crippen LogP) is 2.64. The molecule has 0 fully saturated rings. The number of nitrogens with zero attached hydrogens (tertiary/aromatic N) is 1. The average Bonchev–Trinajstić information content (AvgIpc) is 2.41. The molecule has 21 heavy (non-hydrogen) atoms. The molecule has 1 rings (SSSR count). The van der Waals surface area contributed by atoms with Crippen LogP contribution < -0.4 is 11.1 Å². The van der Waals surface area contributed by atoms with Gasteiger partial charge in [-0.25, -0.2) is 0 Å². The van der Waals surface area contributed by atoms with Crippen LogP contribution in [-0.4, -0.2) is 29.4 Å². The summed E-state index contributed by atoms with van der Waals surface area (Å²) >= 11 is 0. The number of carbonyl (C=O) groups excluding carboxylic acids is 1. The molecule has 0 radical (unpaired) electrons. The van der Waals surface area contributed by atoms with E-state index in [4.69, 9.17) is 5.73 Å². The van der Waals surface area contributed by atoms with Gasteiger partial charge in [-0.1, -0.05) is 26.0 Å². The molecule has 1 aromatic carbocycles. The van der Waals surface area contributed by atoms with Crippen molar-refractivity contribution in [2.45, 2.75) is 53.2 Å². The molecule has 1 aromatic rings. The lowest BCUT2D eigenvalue weighted by Gasteiger charge is -2.32. The first-order valence-electron chi connectivity index (χ1n) is 7.69. The highest BCUT2D eigenvalue weighted by Gasteiger charge is 2.23. The molecule has 0 spiro atoms. The third kappa shape index (κ3) is 5.76. The molecular weight excluding hydrogens is 262 g/mol. The zero-order valence-corrected chi connectivity index (χ0v) is 13.9. The highest BCUT2D eigenvalue weighted by Crippen LogP contribution is 2.14. The van der Waals surface area contributed by atoms with E-state index in [0.717, 1.165) is 17.8 Å². The van der Waals surface area contributed by atoms with Gasteiger partial charge in [0.15, 0.2) is 0 Å². The molecule has 0 aromatic heterocycles. The summed E-state index contributed by atoms with van der Waals surface area (Å²) in [6.45, 7) is 11.8. The molecule has 0 saturated carbocycles. The van der Waals surface area contributed by atoms with E-state index in [1.807, 2.05) is 31.2 Å². The van der Waals surface area contributed by atoms with Gasteiger partial charge in [0.1, 0.15) is 0 Å². The maximum absolute atomic E-state index is 12.3. The van der Waals surface area contributed by atoms with E-state index in [9.17, 15) is 4.79 Å². The molecule has 1 amide bonds. The van der Waals surface area contributed by atoms with E-state index in [1.54, 1.807) is 0 Å². The lowest BCUT2D eigenvalue weighted by molar-refractivity contribution is -0.127. The van der Waals surface area contributed by atoms with E-state index in [2.05, 4.69) is 37.9 Å². The summed E-state index contributed by atoms with van der Waals surface area (Å²) in [5, 5.41) is 3.01. The third-order valence-corrected chi connectivity index (χ3v) is 3.54. The van der Waals surface area contributed by atoms with Gasteiger partial charge in [-0.05, 0) is 44.4 Å². The fraction of sp³-hybridized carbons (Fsp3) is 0.588. The Hall–Kier alpha value is -1.55. The number of carbonyl (C=O) groups is 1. The maximum Gasteiger partial charge on any atom is 0.237 e. The summed E-state index contributed by atoms with van der Waals surface area (Å²) in [6, 6.07) is 7.96. The van der Waals surface area contributed by atoms with Crippen LogP contribution in [0.25, 0.3) is 0 Å². The Morgan fingerprint density at radius 3 is 2.43 bits per heavy atom. The van der Waals surface area contributed by atoms with Crippen LogP contribution in [0.1, 0.15) is 40.2 Å². The zero-order valence-electron chi connectivity index (χ0n) is 13.9. The predicted molar refractivity (Wildman–Crippen MR) is 88.8 cm³/mol. The van der Waals surface area contributed by atoms with Gasteiger partial charge in [0.05, 0.1) is 6.04 Å². The van der Waals surface area contributed by atoms with Gasteiger partial charge in [0.2, 0.25) is 5.91 Å². The maximum atomic E-state index is 12.3. The summed E-state index contributed by atoms with van der Waals surface area (Å²) in [6.07, 6.45) is 0. The highest BCUT2D eigenvalue weighted by molar-refractivity contribution is 5.81. The van der Waals surface area contributed by atoms with Gasteiger partial charge in [-0.2, -0.15) is 0 Å². The molecule has 0 aliphatic heterocycles. The number of benzene rings is 1. The van der Waals surface area contributed by atoms with Crippen molar-refractivity contribution < 1.29 is 4.79 Å². The van der Waals surface area contributed by atoms with Gasteiger partial charge >= 0.3 is 0 Å². The van der Waals surface area contributed by atoms with Crippen LogP contribution in [0.3, 0.4) is 0 Å². The minimum absolute atomic E-state index is 0.0845. The van der Waals surface area contributed by atoms with E-state index < -0.39 is 0 Å². The molecule has 0 heterocycles. The van der Waals surface area contributed by atoms with Crippen molar-refractivity contribution in [3.05, 3.63) is 29.8 Å². The quantitative estimate of drug-likeness (QED) is 0.759. The van der Waals surface area contributed by atoms with Crippen LogP contribution >= 0.6 is 0 Å². The van der Waals surface area contributed by atoms with Crippen LogP contribution in [0.5, 0.6) is 0 Å². The summed E-state index contributed by atoms with van der Waals surface area (Å²) in [5.41, 5.74) is 7.72. The topological polar surface area (TPSA) is 58.4 Å². The van der Waals surface area contributed by atoms with Crippen LogP contribution in [0.15, 0.2) is 24.3 Å². The SMILES string of the molecule is CC(C)CNC(=O)C(C)N(Cc1cccc(N)c1)C(C)C. The monoisotopic (exact) mass is 291 g/mol. The van der Waals surface area contributed by atoms with Crippen molar-refractivity contribution >= 4 is 11.6 Å². The minimum atomic E-state index is -0.162. The largest absolute Gasteiger partial charge is 0.399 e. The Balaban J connectivity index is 2.74. The summed E-state index contributed by atoms with van der Waals surface area (Å²) in [4.78, 5) is 14.5. The lowest BCUT2D eigenvalue weighted by atomic mass is 10.1. The minimum Gasteiger partial charge on any atom is -0.399 e. The van der Waals surface area contributed by atoms with Gasteiger partial charge in [0, 0.05) is 24.8 Å². The molecule has 0 aliphatic rings. The number of anilines is 1. The third-order valence-electron chi connectivity index (χ3n) is 3.54. The van der Waals surface area contributed by atoms with Crippen molar-refractivity contribution in [1.82, 2.24) is 10.2 Å². The second-order valence-electron chi connectivity index (χ2n) is 6.33. The second-order valence-corrected chi connectivity index (χ2v) is 6.33. The standard InChI is InChI=1S/C17H29N3O/c1-12(2)10-19-17(21)14(5)20(13(3)4)11-15-7-6-8-16(18)9-15/h6-9,12-14H,10-11,18H2,1-5H3,(H,19,21). The number of hydrogen-bond acceptors (Lipinski definition) is 3. The van der Waals surface area contributed by atoms with Crippen molar-refractivity contribution in [2.24, 2.45) is 5.92 Å². The average molecular weight is 291 g/mol. The molecule has 4 nitrogen and oxygen atoms in total. The van der Waals surface area contributed by atoms with Crippen LogP contribution in [-0.2, 0) is 11.3 Å². The highest BCUT2D eigenvalue weighted by atomic mass is 16.2. The van der Waals surface area contributed by atoms with Crippen LogP contribution in [0, 0.1) is 5.92 Å². The van der Waals surface area contributed by atoms with E-state index in [-0.39, 0.29) is 18.0 Å². The number of rotatable bonds is 7. The van der Waals surface area contributed by atoms with E-state index >= 15 is 0 Å². The second kappa shape index (κ2) is 8.03. The number of nitrogens with two attached hydrogens (primary N) is 1. The Labute approximate surface area is 128 Å². The number of amides is 1. The van der Waals surface area contributed by atoms with Gasteiger partial charge in [0.25, 0.3) is 0 Å². The molecule has 1 unspecified atom stereocenters. The molecule has 0 bridgehead atoms. The Morgan fingerprint density at radius 1 is 1.24 bits per heavy atom. The van der Waals surface area contributed by atoms with E-state index in [0.29, 0.717) is 12.5 Å². The van der Waals surface area contributed by atoms with E-state index in [1.165, 1.54) is 0 Å². The lowest BCUT2D eigenvalue weighted by Crippen LogP contribution is -2.48. The van der Waals surface area contributed by atoms with Gasteiger partial charge in [-0.15, -0.1) is 0 Å². The molecular formula is C17H29N3O. The molecule has 118 valence electrons. The first-order valence-corrected chi connectivity index (χ1v) is 7.69. The Morgan fingerprint density at radius 2 is 1.90 bits per heavy atom. The number of nitrogen functional groups attached to an aromatic ring is 1. The van der Waals surface area contributed by atoms with Crippen LogP contribution in [0.2, 0.25) is 0 Å². The molecule has 1 atom stereocenters. The molecule has 0 saturated heterocycles. The number of nitrogens with one attached hydrogen (secondary N) is 1. The molecule has 0 aliphatic carbocycles. The first kappa shape index (κ1) is 17.5. The van der Waals surface area contributed by atoms with Crippen molar-refractivity contribution in [2.75, 3.05) is 12.3 Å². The Bertz CT molecular complexity index is 457. The fourth-order valence-corrected chi connectivity index (χ4v) is 2.27. The zero-order chi connectivity index (χ0) is 16.0. The van der Waals surface area contributed by atoms with Gasteiger partial charge < -0.3 is 11.1 Å². The number of hydrogen-bond donors (Lipinski definition) is 2. The van der Waals surface area contributed by atoms with Crippen molar-refractivity contribution in [3.63, 3.8) is 0 Å².